The van der Waals surface area contributed by atoms with Gasteiger partial charge in [-0.3, -0.25) is 9.59 Å². The topological polar surface area (TPSA) is 77.5 Å². The Morgan fingerprint density at radius 2 is 2.08 bits per heavy atom. The third kappa shape index (κ3) is 6.19. The van der Waals surface area contributed by atoms with Gasteiger partial charge in [0, 0.05) is 5.38 Å². The number of carbonyl (C=O) groups excluding carboxylic acids is 2. The number of anilines is 1. The summed E-state index contributed by atoms with van der Waals surface area (Å²) in [6.07, 6.45) is 0.329. The second-order valence-electron chi connectivity index (χ2n) is 5.54. The molecule has 1 N–H and O–H groups in total. The molecule has 0 radical (unpaired) electrons. The van der Waals surface area contributed by atoms with Gasteiger partial charge in [-0.1, -0.05) is 17.7 Å². The highest BCUT2D eigenvalue weighted by Gasteiger charge is 2.11. The molecule has 0 spiro atoms. The third-order valence-corrected chi connectivity index (χ3v) is 4.15. The summed E-state index contributed by atoms with van der Waals surface area (Å²) in [5.41, 5.74) is 2.80. The number of aromatic nitrogens is 1. The molecule has 0 aliphatic rings. The summed E-state index contributed by atoms with van der Waals surface area (Å²) < 4.78 is 10.5. The minimum atomic E-state index is -0.326. The number of thiazole rings is 1. The number of rotatable bonds is 8. The van der Waals surface area contributed by atoms with Crippen molar-refractivity contribution in [3.8, 4) is 5.75 Å². The molecule has 6 nitrogen and oxygen atoms in total. The van der Waals surface area contributed by atoms with Crippen LogP contribution in [0.5, 0.6) is 5.75 Å². The van der Waals surface area contributed by atoms with Gasteiger partial charge in [0.15, 0.2) is 5.13 Å². The summed E-state index contributed by atoms with van der Waals surface area (Å²) in [6, 6.07) is 5.92. The van der Waals surface area contributed by atoms with E-state index in [0.29, 0.717) is 17.4 Å². The van der Waals surface area contributed by atoms with Crippen molar-refractivity contribution in [2.45, 2.75) is 33.6 Å². The Balaban J connectivity index is 1.76. The first kappa shape index (κ1) is 18.9. The molecule has 7 heteroatoms. The number of nitrogens with zero attached hydrogens (tertiary/aromatic N) is 1. The van der Waals surface area contributed by atoms with Crippen molar-refractivity contribution in [1.82, 2.24) is 4.98 Å². The van der Waals surface area contributed by atoms with Crippen LogP contribution in [0, 0.1) is 13.8 Å². The fourth-order valence-corrected chi connectivity index (χ4v) is 2.93. The van der Waals surface area contributed by atoms with E-state index in [-0.39, 0.29) is 31.3 Å². The molecule has 25 heavy (non-hydrogen) atoms. The zero-order chi connectivity index (χ0) is 18.2. The van der Waals surface area contributed by atoms with Gasteiger partial charge in [-0.2, -0.15) is 0 Å². The van der Waals surface area contributed by atoms with Crippen LogP contribution < -0.4 is 10.1 Å². The molecule has 0 fully saturated rings. The molecule has 2 aromatic rings. The SMILES string of the molecule is CCOC(=O)Cc1csc(NC(=O)CCOc2ccc(C)cc2C)n1. The Hall–Kier alpha value is -2.41. The van der Waals surface area contributed by atoms with Crippen molar-refractivity contribution >= 4 is 28.3 Å². The average Bonchev–Trinajstić information content (AvgIpc) is 2.96. The summed E-state index contributed by atoms with van der Waals surface area (Å²) >= 11 is 1.28. The van der Waals surface area contributed by atoms with E-state index in [0.717, 1.165) is 11.3 Å². The highest BCUT2D eigenvalue weighted by molar-refractivity contribution is 7.13. The van der Waals surface area contributed by atoms with Crippen molar-refractivity contribution < 1.29 is 19.1 Å². The molecule has 0 aliphatic carbocycles. The van der Waals surface area contributed by atoms with E-state index in [2.05, 4.69) is 10.3 Å². The second-order valence-corrected chi connectivity index (χ2v) is 6.40. The molecule has 1 amide bonds. The number of aryl methyl sites for hydroxylation is 2. The molecule has 0 unspecified atom stereocenters. The van der Waals surface area contributed by atoms with Crippen LogP contribution >= 0.6 is 11.3 Å². The number of nitrogens with one attached hydrogen (secondary N) is 1. The number of hydrogen-bond acceptors (Lipinski definition) is 6. The number of benzene rings is 1. The summed E-state index contributed by atoms with van der Waals surface area (Å²) in [5.74, 6) is 0.277. The molecule has 0 aliphatic heterocycles. The molecule has 1 aromatic carbocycles. The number of ether oxygens (including phenoxy) is 2. The van der Waals surface area contributed by atoms with Crippen molar-refractivity contribution in [2.75, 3.05) is 18.5 Å². The molecule has 0 saturated heterocycles. The van der Waals surface area contributed by atoms with E-state index in [9.17, 15) is 9.59 Å². The van der Waals surface area contributed by atoms with Gasteiger partial charge in [-0.05, 0) is 32.4 Å². The number of esters is 1. The van der Waals surface area contributed by atoms with Crippen LogP contribution in [-0.2, 0) is 20.7 Å². The molecule has 0 saturated carbocycles. The lowest BCUT2D eigenvalue weighted by molar-refractivity contribution is -0.142. The normalized spacial score (nSPS) is 10.4. The molecule has 1 aromatic heterocycles. The van der Waals surface area contributed by atoms with Crippen LogP contribution in [0.25, 0.3) is 0 Å². The van der Waals surface area contributed by atoms with Crippen LogP contribution in [0.3, 0.4) is 0 Å². The van der Waals surface area contributed by atoms with E-state index < -0.39 is 0 Å². The first-order chi connectivity index (χ1) is 12.0. The molecule has 134 valence electrons. The highest BCUT2D eigenvalue weighted by atomic mass is 32.1. The first-order valence-corrected chi connectivity index (χ1v) is 8.96. The predicted molar refractivity (Wildman–Crippen MR) is 97.1 cm³/mol. The predicted octanol–water partition coefficient (Wildman–Crippen LogP) is 3.27. The Bertz CT molecular complexity index is 742. The smallest absolute Gasteiger partial charge is 0.311 e. The summed E-state index contributed by atoms with van der Waals surface area (Å²) in [6.45, 7) is 6.38. The van der Waals surface area contributed by atoms with Crippen LogP contribution in [0.1, 0.15) is 30.2 Å². The van der Waals surface area contributed by atoms with Crippen LogP contribution in [0.4, 0.5) is 5.13 Å². The molecule has 1 heterocycles. The second kappa shape index (κ2) is 9.17. The van der Waals surface area contributed by atoms with E-state index in [1.54, 1.807) is 12.3 Å². The zero-order valence-corrected chi connectivity index (χ0v) is 15.4. The lowest BCUT2D eigenvalue weighted by atomic mass is 10.1. The molecular formula is C18H22N2O4S. The minimum Gasteiger partial charge on any atom is -0.493 e. The van der Waals surface area contributed by atoms with E-state index in [4.69, 9.17) is 9.47 Å². The van der Waals surface area contributed by atoms with Gasteiger partial charge < -0.3 is 14.8 Å². The van der Waals surface area contributed by atoms with Crippen molar-refractivity contribution in [3.05, 3.63) is 40.4 Å². The van der Waals surface area contributed by atoms with Crippen LogP contribution in [0.2, 0.25) is 0 Å². The maximum absolute atomic E-state index is 12.0. The maximum Gasteiger partial charge on any atom is 0.311 e. The Labute approximate surface area is 151 Å². The lowest BCUT2D eigenvalue weighted by Gasteiger charge is -2.09. The van der Waals surface area contributed by atoms with Crippen molar-refractivity contribution in [1.29, 1.82) is 0 Å². The van der Waals surface area contributed by atoms with E-state index >= 15 is 0 Å². The van der Waals surface area contributed by atoms with E-state index in [1.165, 1.54) is 16.9 Å². The monoisotopic (exact) mass is 362 g/mol. The minimum absolute atomic E-state index is 0.107. The van der Waals surface area contributed by atoms with Crippen molar-refractivity contribution in [3.63, 3.8) is 0 Å². The Kier molecular flexibility index (Phi) is 6.94. The summed E-state index contributed by atoms with van der Waals surface area (Å²) in [7, 11) is 0. The van der Waals surface area contributed by atoms with Gasteiger partial charge in [0.05, 0.1) is 31.7 Å². The zero-order valence-electron chi connectivity index (χ0n) is 14.6. The summed E-state index contributed by atoms with van der Waals surface area (Å²) in [4.78, 5) is 27.6. The molecule has 0 bridgehead atoms. The molecule has 2 rings (SSSR count). The van der Waals surface area contributed by atoms with Crippen molar-refractivity contribution in [2.24, 2.45) is 0 Å². The largest absolute Gasteiger partial charge is 0.493 e. The van der Waals surface area contributed by atoms with Crippen LogP contribution in [0.15, 0.2) is 23.6 Å². The standard InChI is InChI=1S/C18H22N2O4S/c1-4-23-17(22)10-14-11-25-18(19-14)20-16(21)7-8-24-15-6-5-12(2)9-13(15)3/h5-6,9,11H,4,7-8,10H2,1-3H3,(H,19,20,21). The maximum atomic E-state index is 12.0. The van der Waals surface area contributed by atoms with Gasteiger partial charge in [-0.25, -0.2) is 4.98 Å². The first-order valence-electron chi connectivity index (χ1n) is 8.08. The lowest BCUT2D eigenvalue weighted by Crippen LogP contribution is -2.15. The number of carbonyl (C=O) groups is 2. The van der Waals surface area contributed by atoms with Gasteiger partial charge in [0.1, 0.15) is 5.75 Å². The van der Waals surface area contributed by atoms with Gasteiger partial charge in [0.2, 0.25) is 5.91 Å². The Morgan fingerprint density at radius 3 is 2.80 bits per heavy atom. The van der Waals surface area contributed by atoms with Crippen LogP contribution in [-0.4, -0.2) is 30.1 Å². The van der Waals surface area contributed by atoms with Gasteiger partial charge >= 0.3 is 5.97 Å². The molecule has 0 atom stereocenters. The van der Waals surface area contributed by atoms with E-state index in [1.807, 2.05) is 32.0 Å². The highest BCUT2D eigenvalue weighted by Crippen LogP contribution is 2.19. The van der Waals surface area contributed by atoms with Gasteiger partial charge in [0.25, 0.3) is 0 Å². The number of amides is 1. The summed E-state index contributed by atoms with van der Waals surface area (Å²) in [5, 5.41) is 4.92. The van der Waals surface area contributed by atoms with Gasteiger partial charge in [-0.15, -0.1) is 11.3 Å². The molecular weight excluding hydrogens is 340 g/mol. The number of hydrogen-bond donors (Lipinski definition) is 1. The third-order valence-electron chi connectivity index (χ3n) is 3.35. The fraction of sp³-hybridized carbons (Fsp3) is 0.389. The fourth-order valence-electron chi connectivity index (χ4n) is 2.20. The average molecular weight is 362 g/mol. The quantitative estimate of drug-likeness (QED) is 0.729. The Morgan fingerprint density at radius 1 is 1.28 bits per heavy atom.